The molecule has 0 nitrogen and oxygen atoms in total. The fraction of sp³-hybridized carbons (Fsp3) is 0.318. The van der Waals surface area contributed by atoms with Crippen molar-refractivity contribution in [3.63, 3.8) is 0 Å². The summed E-state index contributed by atoms with van der Waals surface area (Å²) in [5, 5.41) is 3.08. The van der Waals surface area contributed by atoms with E-state index in [-0.39, 0.29) is 86.4 Å². The van der Waals surface area contributed by atoms with Crippen molar-refractivity contribution >= 4 is 21.5 Å². The van der Waals surface area contributed by atoms with Gasteiger partial charge in [0.2, 0.25) is 0 Å². The van der Waals surface area contributed by atoms with Crippen LogP contribution in [0.15, 0.2) is 109 Å². The first-order chi connectivity index (χ1) is 28.5. The van der Waals surface area contributed by atoms with Crippen LogP contribution in [-0.4, -0.2) is 37.1 Å². The molecule has 6 aromatic rings. The zero-order valence-electron chi connectivity index (χ0n) is 32.9. The normalized spacial score (nSPS) is 14.6. The molecular weight excluding hydrogens is 1030 g/mol. The Bertz CT molecular complexity index is 2440. The quantitative estimate of drug-likeness (QED) is 0.119. The van der Waals surface area contributed by atoms with E-state index >= 15 is 0 Å². The van der Waals surface area contributed by atoms with E-state index in [0.717, 1.165) is 77.2 Å². The van der Waals surface area contributed by atoms with E-state index in [4.69, 9.17) is 0 Å². The summed E-state index contributed by atoms with van der Waals surface area (Å²) in [7, 11) is 0. The Kier molecular flexibility index (Phi) is 16.4. The fourth-order valence-corrected chi connectivity index (χ4v) is 8.39. The molecule has 0 aliphatic heterocycles. The molecule has 0 amide bonds. The van der Waals surface area contributed by atoms with E-state index in [0.29, 0.717) is 22.4 Å². The molecule has 0 radical (unpaired) electrons. The van der Waals surface area contributed by atoms with Gasteiger partial charge in [0.05, 0.1) is 0 Å². The first kappa shape index (κ1) is 55.6. The van der Waals surface area contributed by atoms with Crippen molar-refractivity contribution in [1.82, 2.24) is 0 Å². The summed E-state index contributed by atoms with van der Waals surface area (Å²) in [6.45, 7) is 1.80. The van der Waals surface area contributed by atoms with Crippen molar-refractivity contribution in [3.8, 4) is 22.3 Å². The molecule has 21 heteroatoms. The molecule has 65 heavy (non-hydrogen) atoms. The summed E-state index contributed by atoms with van der Waals surface area (Å²) >= 11 is 0. The predicted molar refractivity (Wildman–Crippen MR) is 196 cm³/mol. The van der Waals surface area contributed by atoms with Gasteiger partial charge in [0, 0.05) is 0 Å². The molecule has 1 aliphatic carbocycles. The molecule has 0 spiro atoms. The predicted octanol–water partition coefficient (Wildman–Crippen LogP) is 10.3. The molecule has 6 aromatic carbocycles. The van der Waals surface area contributed by atoms with E-state index in [1.807, 2.05) is 24.3 Å². The van der Waals surface area contributed by atoms with Crippen LogP contribution in [0.25, 0.3) is 43.8 Å². The number of aryl methyl sites for hydroxylation is 1. The third-order valence-corrected chi connectivity index (χ3v) is 11.3. The molecule has 350 valence electrons. The summed E-state index contributed by atoms with van der Waals surface area (Å²) < 4.78 is 240. The Balaban J connectivity index is 0.000000333. The number of halogens is 20. The van der Waals surface area contributed by atoms with Crippen LogP contribution in [0.2, 0.25) is 0 Å². The SMILES string of the molecule is Cc1cc2c(-c3ccc(C(C(F)(F)F)(C(F)(F)F)C(F)(F)F)cc3)cccc2[cH-]1.FC(F)(F)C(c1ccc(-c2cccc3[cH-]c(C4CCCC4)cc23)cc1)(C(F)(F)F)C(F)(F)F.[Cl-].[Cl-].[Zr+4]. The van der Waals surface area contributed by atoms with Gasteiger partial charge in [-0.05, 0) is 41.0 Å². The number of hydrogen-bond acceptors (Lipinski definition) is 0. The van der Waals surface area contributed by atoms with E-state index in [1.54, 1.807) is 43.3 Å². The van der Waals surface area contributed by atoms with Crippen LogP contribution in [-0.2, 0) is 37.0 Å². The van der Waals surface area contributed by atoms with Gasteiger partial charge in [-0.3, -0.25) is 0 Å². The van der Waals surface area contributed by atoms with Gasteiger partial charge in [0.25, 0.3) is 10.8 Å². The second kappa shape index (κ2) is 19.1. The van der Waals surface area contributed by atoms with Crippen molar-refractivity contribution in [3.05, 3.63) is 131 Å². The van der Waals surface area contributed by atoms with E-state index < -0.39 is 59.0 Å². The minimum Gasteiger partial charge on any atom is -1.00 e. The summed E-state index contributed by atoms with van der Waals surface area (Å²) in [5.41, 5.74) is -12.4. The summed E-state index contributed by atoms with van der Waals surface area (Å²) in [5.74, 6) is 0.388. The average Bonchev–Trinajstić information content (AvgIpc) is 3.89. The molecule has 7 rings (SSSR count). The molecule has 0 heterocycles. The molecule has 1 aliphatic rings. The van der Waals surface area contributed by atoms with Crippen LogP contribution < -0.4 is 24.8 Å². The van der Waals surface area contributed by atoms with E-state index in [1.165, 1.54) is 0 Å². The second-order valence-corrected chi connectivity index (χ2v) is 15.1. The zero-order valence-corrected chi connectivity index (χ0v) is 36.8. The average molecular weight is 1060 g/mol. The van der Waals surface area contributed by atoms with Crippen molar-refractivity contribution in [1.29, 1.82) is 0 Å². The molecule has 0 bridgehead atoms. The van der Waals surface area contributed by atoms with Crippen molar-refractivity contribution < 1.29 is 130 Å². The van der Waals surface area contributed by atoms with Gasteiger partial charge < -0.3 is 24.8 Å². The number of fused-ring (bicyclic) bond motifs is 2. The third-order valence-electron chi connectivity index (χ3n) is 11.3. The Hall–Kier alpha value is -3.70. The van der Waals surface area contributed by atoms with Gasteiger partial charge in [-0.1, -0.05) is 91.6 Å². The maximum atomic E-state index is 13.4. The summed E-state index contributed by atoms with van der Waals surface area (Å²) in [6, 6.07) is 22.1. The topological polar surface area (TPSA) is 0 Å². The van der Waals surface area contributed by atoms with Gasteiger partial charge in [-0.2, -0.15) is 91.2 Å². The second-order valence-electron chi connectivity index (χ2n) is 15.1. The van der Waals surface area contributed by atoms with E-state index in [2.05, 4.69) is 0 Å². The molecule has 1 saturated carbocycles. The van der Waals surface area contributed by atoms with Crippen LogP contribution in [0.5, 0.6) is 0 Å². The molecule has 0 atom stereocenters. The number of rotatable bonds is 5. The molecular formula is C44H30Cl2F18Zr. The zero-order chi connectivity index (χ0) is 46.1. The Morgan fingerprint density at radius 3 is 1.09 bits per heavy atom. The third kappa shape index (κ3) is 9.71. The number of hydrogen-bond donors (Lipinski definition) is 0. The van der Waals surface area contributed by atoms with Crippen LogP contribution >= 0.6 is 0 Å². The van der Waals surface area contributed by atoms with Gasteiger partial charge >= 0.3 is 63.3 Å². The maximum absolute atomic E-state index is 13.4. The minimum absolute atomic E-state index is 0. The Morgan fingerprint density at radius 1 is 0.431 bits per heavy atom. The Morgan fingerprint density at radius 2 is 0.754 bits per heavy atom. The molecule has 0 unspecified atom stereocenters. The minimum atomic E-state index is -6.63. The number of alkyl halides is 18. The van der Waals surface area contributed by atoms with Gasteiger partial charge in [-0.25, -0.2) is 0 Å². The smallest absolute Gasteiger partial charge is 1.00 e. The van der Waals surface area contributed by atoms with Gasteiger partial charge in [-0.15, -0.1) is 69.1 Å². The van der Waals surface area contributed by atoms with Crippen LogP contribution in [0, 0.1) is 6.92 Å². The molecule has 1 fully saturated rings. The Labute approximate surface area is 390 Å². The monoisotopic (exact) mass is 1060 g/mol. The van der Waals surface area contributed by atoms with Crippen molar-refractivity contribution in [2.75, 3.05) is 0 Å². The van der Waals surface area contributed by atoms with Gasteiger partial charge in [0.15, 0.2) is 0 Å². The fourth-order valence-electron chi connectivity index (χ4n) is 8.39. The number of benzene rings is 4. The first-order valence-corrected chi connectivity index (χ1v) is 18.4. The summed E-state index contributed by atoms with van der Waals surface area (Å²) in [4.78, 5) is 0. The molecule has 0 saturated heterocycles. The van der Waals surface area contributed by atoms with Crippen LogP contribution in [0.4, 0.5) is 79.0 Å². The first-order valence-electron chi connectivity index (χ1n) is 18.4. The van der Waals surface area contributed by atoms with Crippen LogP contribution in [0.1, 0.15) is 53.9 Å². The van der Waals surface area contributed by atoms with Gasteiger partial charge in [0.1, 0.15) is 0 Å². The van der Waals surface area contributed by atoms with Crippen LogP contribution in [0.3, 0.4) is 0 Å². The standard InChI is InChI=1S/C24H18F9.C20H12F9.2ClH.Zr/c25-22(26,27)21(23(28,29)30,24(31,32)33)18-10-8-15(9-11-18)19-7-3-6-16-12-17(13-20(16)19)14-4-1-2-5-14;1-11-9-13-3-2-4-15(16(13)10-11)12-5-7-14(8-6-12)17(18(21,22)23,19(24,25)26)20(27,28)29;;;/h3,6-14H,1-2,4-5H2;2-10H,1H3;2*1H;/q2*-1;;;+4/p-2. The summed E-state index contributed by atoms with van der Waals surface area (Å²) in [6.07, 6.45) is -35.5. The maximum Gasteiger partial charge on any atom is 4.00 e. The molecule has 0 aromatic heterocycles. The van der Waals surface area contributed by atoms with Crippen molar-refractivity contribution in [2.45, 2.75) is 86.4 Å². The van der Waals surface area contributed by atoms with Crippen molar-refractivity contribution in [2.24, 2.45) is 0 Å². The van der Waals surface area contributed by atoms with E-state index in [9.17, 15) is 79.0 Å². The largest absolute Gasteiger partial charge is 4.00 e. The molecule has 0 N–H and O–H groups in total.